The van der Waals surface area contributed by atoms with E-state index in [2.05, 4.69) is 48.2 Å². The zero-order chi connectivity index (χ0) is 21.2. The molecule has 0 amide bonds. The van der Waals surface area contributed by atoms with Crippen molar-refractivity contribution in [2.24, 2.45) is 0 Å². The molecule has 3 rings (SSSR count). The number of ketones is 1. The number of methoxy groups -OCH3 is 1. The Balaban J connectivity index is 1.48. The maximum atomic E-state index is 11.5. The molecule has 0 saturated heterocycles. The fraction of sp³-hybridized carbons (Fsp3) is 0.222. The van der Waals surface area contributed by atoms with E-state index < -0.39 is 6.10 Å². The van der Waals surface area contributed by atoms with Crippen molar-refractivity contribution >= 4 is 5.78 Å². The molecule has 1 atom stereocenters. The predicted octanol–water partition coefficient (Wildman–Crippen LogP) is 4.85. The van der Waals surface area contributed by atoms with Gasteiger partial charge < -0.3 is 9.47 Å². The molecule has 3 nitrogen and oxygen atoms in total. The molecule has 1 unspecified atom stereocenters. The Labute approximate surface area is 178 Å². The average Bonchev–Trinajstić information content (AvgIpc) is 2.77. The van der Waals surface area contributed by atoms with E-state index in [4.69, 9.17) is 9.47 Å². The number of carbonyl (C=O) groups excluding carboxylic acids is 1. The highest BCUT2D eigenvalue weighted by molar-refractivity contribution is 5.80. The van der Waals surface area contributed by atoms with Crippen molar-refractivity contribution in [3.63, 3.8) is 0 Å². The lowest BCUT2D eigenvalue weighted by atomic mass is 10.0. The predicted molar refractivity (Wildman–Crippen MR) is 120 cm³/mol. The molecule has 0 aromatic heterocycles. The van der Waals surface area contributed by atoms with E-state index in [0.29, 0.717) is 13.0 Å². The van der Waals surface area contributed by atoms with Gasteiger partial charge in [-0.25, -0.2) is 0 Å². The zero-order valence-corrected chi connectivity index (χ0v) is 17.4. The maximum absolute atomic E-state index is 11.5. The first kappa shape index (κ1) is 21.4. The molecule has 3 aromatic carbocycles. The van der Waals surface area contributed by atoms with Crippen LogP contribution >= 0.6 is 0 Å². The molecule has 0 bridgehead atoms. The van der Waals surface area contributed by atoms with Crippen LogP contribution in [0, 0.1) is 11.8 Å². The molecule has 0 spiro atoms. The monoisotopic (exact) mass is 398 g/mol. The van der Waals surface area contributed by atoms with E-state index in [0.717, 1.165) is 23.3 Å². The second-order valence-electron chi connectivity index (χ2n) is 7.13. The van der Waals surface area contributed by atoms with Crippen molar-refractivity contribution in [1.82, 2.24) is 0 Å². The van der Waals surface area contributed by atoms with E-state index in [-0.39, 0.29) is 5.78 Å². The number of hydrogen-bond acceptors (Lipinski definition) is 3. The van der Waals surface area contributed by atoms with Gasteiger partial charge in [-0.05, 0) is 54.3 Å². The first-order valence-corrected chi connectivity index (χ1v) is 10.0. The van der Waals surface area contributed by atoms with Crippen LogP contribution in [0.25, 0.3) is 0 Å². The van der Waals surface area contributed by atoms with Crippen LogP contribution in [0.5, 0.6) is 5.75 Å². The van der Waals surface area contributed by atoms with E-state index in [1.165, 1.54) is 11.1 Å². The summed E-state index contributed by atoms with van der Waals surface area (Å²) >= 11 is 0. The van der Waals surface area contributed by atoms with Crippen LogP contribution in [-0.2, 0) is 22.4 Å². The van der Waals surface area contributed by atoms with Crippen LogP contribution in [-0.4, -0.2) is 25.6 Å². The first-order valence-electron chi connectivity index (χ1n) is 10.0. The summed E-state index contributed by atoms with van der Waals surface area (Å²) in [6.45, 7) is 1.88. The normalized spacial score (nSPS) is 11.3. The van der Waals surface area contributed by atoms with Gasteiger partial charge in [0.1, 0.15) is 18.5 Å². The molecule has 0 aliphatic carbocycles. The minimum absolute atomic E-state index is 0.0339. The van der Waals surface area contributed by atoms with E-state index in [1.807, 2.05) is 42.5 Å². The van der Waals surface area contributed by atoms with Crippen molar-refractivity contribution in [3.8, 4) is 17.6 Å². The molecule has 30 heavy (non-hydrogen) atoms. The van der Waals surface area contributed by atoms with Gasteiger partial charge in [0, 0.05) is 19.1 Å². The lowest BCUT2D eigenvalue weighted by Crippen LogP contribution is -2.22. The fourth-order valence-electron chi connectivity index (χ4n) is 3.12. The largest absolute Gasteiger partial charge is 0.481 e. The van der Waals surface area contributed by atoms with Crippen LogP contribution < -0.4 is 4.74 Å². The number of Topliss-reactive ketones (excluding diaryl/α,β-unsaturated/α-hetero) is 1. The Morgan fingerprint density at radius 1 is 0.867 bits per heavy atom. The van der Waals surface area contributed by atoms with Crippen molar-refractivity contribution < 1.29 is 14.3 Å². The third-order valence-corrected chi connectivity index (χ3v) is 4.83. The summed E-state index contributed by atoms with van der Waals surface area (Å²) in [5.41, 5.74) is 4.51. The highest BCUT2D eigenvalue weighted by atomic mass is 16.5. The standard InChI is InChI=1S/C27H26O3/c1-21(28)27(29-2)20-25-12-10-22(11-13-25)9-6-18-30-26-16-14-24(15-17-26)19-23-7-4-3-5-8-23/h3-5,7-8,10-17,27H,18-20H2,1-2H3. The lowest BCUT2D eigenvalue weighted by molar-refractivity contribution is -0.126. The number of carbonyl (C=O) groups is 1. The fourth-order valence-corrected chi connectivity index (χ4v) is 3.12. The Hall–Kier alpha value is -3.35. The van der Waals surface area contributed by atoms with Crippen LogP contribution in [0.3, 0.4) is 0 Å². The van der Waals surface area contributed by atoms with Gasteiger partial charge in [0.05, 0.1) is 0 Å². The Bertz CT molecular complexity index is 994. The van der Waals surface area contributed by atoms with Crippen molar-refractivity contribution in [2.75, 3.05) is 13.7 Å². The second-order valence-corrected chi connectivity index (χ2v) is 7.13. The number of hydrogen-bond donors (Lipinski definition) is 0. The van der Waals surface area contributed by atoms with E-state index >= 15 is 0 Å². The summed E-state index contributed by atoms with van der Waals surface area (Å²) in [6.07, 6.45) is 1.09. The van der Waals surface area contributed by atoms with Gasteiger partial charge in [-0.1, -0.05) is 66.4 Å². The van der Waals surface area contributed by atoms with Crippen LogP contribution in [0.15, 0.2) is 78.9 Å². The summed E-state index contributed by atoms with van der Waals surface area (Å²) < 4.78 is 10.9. The summed E-state index contributed by atoms with van der Waals surface area (Å²) in [6, 6.07) is 26.4. The summed E-state index contributed by atoms with van der Waals surface area (Å²) in [5.74, 6) is 6.99. The molecule has 0 heterocycles. The molecular formula is C27H26O3. The topological polar surface area (TPSA) is 35.5 Å². The molecule has 0 aliphatic heterocycles. The van der Waals surface area contributed by atoms with E-state index in [1.54, 1.807) is 14.0 Å². The van der Waals surface area contributed by atoms with Gasteiger partial charge in [-0.2, -0.15) is 0 Å². The third kappa shape index (κ3) is 6.62. The Morgan fingerprint density at radius 3 is 2.13 bits per heavy atom. The third-order valence-electron chi connectivity index (χ3n) is 4.83. The average molecular weight is 399 g/mol. The molecule has 0 fully saturated rings. The number of benzene rings is 3. The van der Waals surface area contributed by atoms with Crippen LogP contribution in [0.4, 0.5) is 0 Å². The molecular weight excluding hydrogens is 372 g/mol. The Morgan fingerprint density at radius 2 is 1.50 bits per heavy atom. The van der Waals surface area contributed by atoms with Gasteiger partial charge >= 0.3 is 0 Å². The summed E-state index contributed by atoms with van der Waals surface area (Å²) in [4.78, 5) is 11.5. The molecule has 152 valence electrons. The van der Waals surface area contributed by atoms with Crippen LogP contribution in [0.1, 0.15) is 29.2 Å². The number of ether oxygens (including phenoxy) is 2. The van der Waals surface area contributed by atoms with Crippen molar-refractivity contribution in [1.29, 1.82) is 0 Å². The molecule has 3 aromatic rings. The molecule has 0 saturated carbocycles. The maximum Gasteiger partial charge on any atom is 0.158 e. The SMILES string of the molecule is COC(Cc1ccc(C#CCOc2ccc(Cc3ccccc3)cc2)cc1)C(C)=O. The molecule has 0 radical (unpaired) electrons. The number of rotatable bonds is 8. The van der Waals surface area contributed by atoms with Crippen molar-refractivity contribution in [3.05, 3.63) is 101 Å². The summed E-state index contributed by atoms with van der Waals surface area (Å²) in [7, 11) is 1.56. The van der Waals surface area contributed by atoms with Gasteiger partial charge in [-0.15, -0.1) is 0 Å². The van der Waals surface area contributed by atoms with Gasteiger partial charge in [-0.3, -0.25) is 4.79 Å². The molecule has 3 heteroatoms. The highest BCUT2D eigenvalue weighted by Gasteiger charge is 2.13. The van der Waals surface area contributed by atoms with Crippen molar-refractivity contribution in [2.45, 2.75) is 25.9 Å². The Kier molecular flexibility index (Phi) is 7.83. The second kappa shape index (κ2) is 11.0. The van der Waals surface area contributed by atoms with Gasteiger partial charge in [0.15, 0.2) is 5.78 Å². The first-order chi connectivity index (χ1) is 14.6. The van der Waals surface area contributed by atoms with Gasteiger partial charge in [0.25, 0.3) is 0 Å². The van der Waals surface area contributed by atoms with E-state index in [9.17, 15) is 4.79 Å². The smallest absolute Gasteiger partial charge is 0.158 e. The van der Waals surface area contributed by atoms with Crippen LogP contribution in [0.2, 0.25) is 0 Å². The lowest BCUT2D eigenvalue weighted by Gasteiger charge is -2.11. The minimum Gasteiger partial charge on any atom is -0.481 e. The minimum atomic E-state index is -0.394. The van der Waals surface area contributed by atoms with Gasteiger partial charge in [0.2, 0.25) is 0 Å². The summed E-state index contributed by atoms with van der Waals surface area (Å²) in [5, 5.41) is 0. The molecule has 0 N–H and O–H groups in total. The highest BCUT2D eigenvalue weighted by Crippen LogP contribution is 2.15. The quantitative estimate of drug-likeness (QED) is 0.509. The molecule has 0 aliphatic rings. The zero-order valence-electron chi connectivity index (χ0n) is 17.4.